The lowest BCUT2D eigenvalue weighted by Gasteiger charge is -2.22. The first-order valence-corrected chi connectivity index (χ1v) is 6.29. The smallest absolute Gasteiger partial charge is 0.269 e. The third-order valence-corrected chi connectivity index (χ3v) is 2.87. The van der Waals surface area contributed by atoms with Crippen molar-refractivity contribution < 1.29 is 14.9 Å². The summed E-state index contributed by atoms with van der Waals surface area (Å²) in [5, 5.41) is 25.3. The van der Waals surface area contributed by atoms with E-state index in [-0.39, 0.29) is 23.0 Å². The number of rotatable bonds is 6. The maximum Gasteiger partial charge on any atom is 0.269 e. The van der Waals surface area contributed by atoms with Crippen LogP contribution in [-0.4, -0.2) is 33.3 Å². The maximum atomic E-state index is 11.9. The molecule has 110 valence electrons. The molecule has 0 bridgehead atoms. The summed E-state index contributed by atoms with van der Waals surface area (Å²) in [6, 6.07) is -0.788. The maximum absolute atomic E-state index is 11.9. The number of hydrogen-bond acceptors (Lipinski definition) is 5. The van der Waals surface area contributed by atoms with Gasteiger partial charge in [0.1, 0.15) is 5.71 Å². The summed E-state index contributed by atoms with van der Waals surface area (Å²) in [6.07, 6.45) is 0.612. The van der Waals surface area contributed by atoms with E-state index in [2.05, 4.69) is 10.5 Å². The fourth-order valence-electron chi connectivity index (χ4n) is 1.67. The number of oxime groups is 1. The van der Waals surface area contributed by atoms with Crippen LogP contribution in [0.5, 0.6) is 0 Å². The summed E-state index contributed by atoms with van der Waals surface area (Å²) in [7, 11) is 0. The van der Waals surface area contributed by atoms with Crippen LogP contribution >= 0.6 is 0 Å². The van der Waals surface area contributed by atoms with Crippen molar-refractivity contribution in [3.63, 3.8) is 0 Å². The highest BCUT2D eigenvalue weighted by molar-refractivity contribution is 6.38. The number of amides is 1. The molecule has 2 N–H and O–H groups in total. The molecule has 0 radical (unpaired) electrons. The first-order chi connectivity index (χ1) is 8.62. The van der Waals surface area contributed by atoms with Gasteiger partial charge in [0.25, 0.3) is 5.91 Å². The molecule has 19 heavy (non-hydrogen) atoms. The van der Waals surface area contributed by atoms with E-state index in [0.29, 0.717) is 6.42 Å². The van der Waals surface area contributed by atoms with Crippen molar-refractivity contribution in [3.8, 4) is 0 Å². The lowest BCUT2D eigenvalue weighted by Crippen LogP contribution is -2.45. The molecule has 0 rings (SSSR count). The molecule has 0 fully saturated rings. The van der Waals surface area contributed by atoms with Crippen LogP contribution in [0.1, 0.15) is 47.5 Å². The van der Waals surface area contributed by atoms with E-state index in [4.69, 9.17) is 5.21 Å². The minimum atomic E-state index is -0.788. The minimum Gasteiger partial charge on any atom is -0.410 e. The highest BCUT2D eigenvalue weighted by atomic mass is 16.6. The van der Waals surface area contributed by atoms with E-state index in [1.165, 1.54) is 6.92 Å². The highest BCUT2D eigenvalue weighted by Crippen LogP contribution is 2.17. The van der Waals surface area contributed by atoms with E-state index in [9.17, 15) is 14.9 Å². The quantitative estimate of drug-likeness (QED) is 0.333. The van der Waals surface area contributed by atoms with Crippen LogP contribution in [0, 0.1) is 16.0 Å². The van der Waals surface area contributed by atoms with Gasteiger partial charge in [-0.25, -0.2) is 0 Å². The fraction of sp³-hybridized carbons (Fsp3) is 0.833. The molecule has 7 heteroatoms. The Kier molecular flexibility index (Phi) is 6.44. The van der Waals surface area contributed by atoms with Crippen molar-refractivity contribution in [2.45, 2.75) is 59.0 Å². The third-order valence-electron chi connectivity index (χ3n) is 2.87. The second kappa shape index (κ2) is 7.06. The number of hydrogen-bond donors (Lipinski definition) is 2. The van der Waals surface area contributed by atoms with E-state index in [1.54, 1.807) is 27.7 Å². The molecule has 2 unspecified atom stereocenters. The summed E-state index contributed by atoms with van der Waals surface area (Å²) in [4.78, 5) is 22.2. The molecular weight excluding hydrogens is 250 g/mol. The fourth-order valence-corrected chi connectivity index (χ4v) is 1.67. The predicted molar refractivity (Wildman–Crippen MR) is 72.0 cm³/mol. The van der Waals surface area contributed by atoms with Crippen molar-refractivity contribution >= 4 is 11.6 Å². The second-order valence-electron chi connectivity index (χ2n) is 5.65. The van der Waals surface area contributed by atoms with Crippen LogP contribution in [0.2, 0.25) is 0 Å². The molecule has 0 heterocycles. The monoisotopic (exact) mass is 273 g/mol. The zero-order valence-corrected chi connectivity index (χ0v) is 12.1. The summed E-state index contributed by atoms with van der Waals surface area (Å²) < 4.78 is 0. The number of nitrogens with one attached hydrogen (secondary N) is 1. The van der Waals surface area contributed by atoms with Gasteiger partial charge in [0.15, 0.2) is 0 Å². The number of nitrogens with zero attached hydrogens (tertiary/aromatic N) is 2. The third kappa shape index (κ3) is 6.17. The molecule has 0 aliphatic heterocycles. The Balaban J connectivity index is 4.81. The molecule has 1 amide bonds. The van der Waals surface area contributed by atoms with Crippen LogP contribution in [-0.2, 0) is 4.79 Å². The van der Waals surface area contributed by atoms with Crippen LogP contribution in [0.25, 0.3) is 0 Å². The molecule has 0 aromatic rings. The van der Waals surface area contributed by atoms with Gasteiger partial charge in [0.05, 0.1) is 0 Å². The van der Waals surface area contributed by atoms with E-state index in [0.717, 1.165) is 0 Å². The van der Waals surface area contributed by atoms with Gasteiger partial charge in [-0.2, -0.15) is 0 Å². The molecule has 0 saturated heterocycles. The van der Waals surface area contributed by atoms with E-state index >= 15 is 0 Å². The molecule has 0 aliphatic carbocycles. The zero-order chi connectivity index (χ0) is 15.2. The van der Waals surface area contributed by atoms with Gasteiger partial charge < -0.3 is 10.5 Å². The lowest BCUT2D eigenvalue weighted by molar-refractivity contribution is -0.527. The van der Waals surface area contributed by atoms with Crippen molar-refractivity contribution in [2.75, 3.05) is 0 Å². The average molecular weight is 273 g/mol. The number of carbonyl (C=O) groups is 1. The molecule has 0 aromatic carbocycles. The Labute approximate surface area is 113 Å². The van der Waals surface area contributed by atoms with Crippen molar-refractivity contribution in [1.82, 2.24) is 5.32 Å². The van der Waals surface area contributed by atoms with Gasteiger partial charge in [-0.15, -0.1) is 0 Å². The summed E-state index contributed by atoms with van der Waals surface area (Å²) in [6.45, 7) is 8.71. The number of nitro groups is 1. The van der Waals surface area contributed by atoms with Gasteiger partial charge in [-0.05, 0) is 27.2 Å². The SMILES string of the molecule is CCC(CC(=NO)C(=O)NC(C)(C)C)C(C)[N+](=O)[O-]. The Morgan fingerprint density at radius 3 is 2.32 bits per heavy atom. The zero-order valence-electron chi connectivity index (χ0n) is 12.1. The molecular formula is C12H23N3O4. The predicted octanol–water partition coefficient (Wildman–Crippen LogP) is 1.81. The number of carbonyl (C=O) groups excluding carboxylic acids is 1. The Morgan fingerprint density at radius 2 is 2.00 bits per heavy atom. The standard InChI is InChI=1S/C12H23N3O4/c1-6-9(8(2)15(18)19)7-10(14-17)11(16)13-12(3,4)5/h8-9,17H,6-7H2,1-5H3,(H,13,16). The highest BCUT2D eigenvalue weighted by Gasteiger charge is 2.29. The van der Waals surface area contributed by atoms with Crippen molar-refractivity contribution in [2.24, 2.45) is 11.1 Å². The molecule has 0 aliphatic rings. The van der Waals surface area contributed by atoms with E-state index < -0.39 is 17.5 Å². The minimum absolute atomic E-state index is 0.0736. The topological polar surface area (TPSA) is 105 Å². The van der Waals surface area contributed by atoms with Gasteiger partial charge in [-0.1, -0.05) is 12.1 Å². The largest absolute Gasteiger partial charge is 0.410 e. The Hall–Kier alpha value is -1.66. The van der Waals surface area contributed by atoms with Crippen LogP contribution < -0.4 is 5.32 Å². The molecule has 2 atom stereocenters. The molecule has 0 aromatic heterocycles. The van der Waals surface area contributed by atoms with E-state index in [1.807, 2.05) is 0 Å². The molecule has 0 spiro atoms. The van der Waals surface area contributed by atoms with Crippen LogP contribution in [0.3, 0.4) is 0 Å². The Bertz CT molecular complexity index is 360. The van der Waals surface area contributed by atoms with Gasteiger partial charge in [0, 0.05) is 29.7 Å². The first-order valence-electron chi connectivity index (χ1n) is 6.29. The van der Waals surface area contributed by atoms with Crippen LogP contribution in [0.4, 0.5) is 0 Å². The summed E-state index contributed by atoms with van der Waals surface area (Å²) >= 11 is 0. The van der Waals surface area contributed by atoms with Gasteiger partial charge in [-0.3, -0.25) is 14.9 Å². The molecule has 7 nitrogen and oxygen atoms in total. The van der Waals surface area contributed by atoms with Crippen LogP contribution in [0.15, 0.2) is 5.16 Å². The summed E-state index contributed by atoms with van der Waals surface area (Å²) in [5.41, 5.74) is -0.529. The van der Waals surface area contributed by atoms with Gasteiger partial charge in [0.2, 0.25) is 6.04 Å². The summed E-state index contributed by atoms with van der Waals surface area (Å²) in [5.74, 6) is -0.837. The lowest BCUT2D eigenvalue weighted by atomic mass is 9.92. The first kappa shape index (κ1) is 17.3. The Morgan fingerprint density at radius 1 is 1.47 bits per heavy atom. The molecule has 0 saturated carbocycles. The second-order valence-corrected chi connectivity index (χ2v) is 5.65. The average Bonchev–Trinajstić information content (AvgIpc) is 2.27. The normalized spacial score (nSPS) is 15.7. The van der Waals surface area contributed by atoms with Gasteiger partial charge >= 0.3 is 0 Å². The van der Waals surface area contributed by atoms with Crippen molar-refractivity contribution in [1.29, 1.82) is 0 Å². The van der Waals surface area contributed by atoms with Crippen molar-refractivity contribution in [3.05, 3.63) is 10.1 Å².